The van der Waals surface area contributed by atoms with Gasteiger partial charge in [0.1, 0.15) is 17.4 Å². The molecule has 0 aliphatic rings. The van der Waals surface area contributed by atoms with Crippen molar-refractivity contribution in [3.05, 3.63) is 98.6 Å². The zero-order valence-corrected chi connectivity index (χ0v) is 33.0. The van der Waals surface area contributed by atoms with E-state index in [1.807, 2.05) is 6.92 Å². The predicted octanol–water partition coefficient (Wildman–Crippen LogP) is 5.45. The van der Waals surface area contributed by atoms with Gasteiger partial charge in [-0.05, 0) is 76.2 Å². The molecular formula is C40H42O20. The van der Waals surface area contributed by atoms with Crippen LogP contribution >= 0.6 is 0 Å². The Morgan fingerprint density at radius 3 is 1.85 bits per heavy atom. The molecule has 0 unspecified atom stereocenters. The number of benzene rings is 3. The maximum absolute atomic E-state index is 11.6. The van der Waals surface area contributed by atoms with Crippen LogP contribution in [0.5, 0.6) is 40.2 Å². The van der Waals surface area contributed by atoms with Crippen molar-refractivity contribution in [1.82, 2.24) is 0 Å². The van der Waals surface area contributed by atoms with Crippen LogP contribution in [-0.4, -0.2) is 83.2 Å². The lowest BCUT2D eigenvalue weighted by Crippen LogP contribution is -2.16. The van der Waals surface area contributed by atoms with Gasteiger partial charge in [-0.2, -0.15) is 9.78 Å². The van der Waals surface area contributed by atoms with Crippen LogP contribution in [-0.2, 0) is 29.0 Å². The van der Waals surface area contributed by atoms with Crippen LogP contribution in [0.4, 0.5) is 0 Å². The molecule has 0 saturated heterocycles. The second kappa shape index (κ2) is 24.8. The summed E-state index contributed by atoms with van der Waals surface area (Å²) in [4.78, 5) is 63.9. The van der Waals surface area contributed by atoms with Crippen molar-refractivity contribution in [3.8, 4) is 52.3 Å². The molecule has 0 aliphatic heterocycles. The normalized spacial score (nSPS) is 10.2. The molecule has 322 valence electrons. The Balaban J connectivity index is 0.000000283. The molecule has 6 N–H and O–H groups in total. The summed E-state index contributed by atoms with van der Waals surface area (Å²) in [5.41, 5.74) is -2.55. The van der Waals surface area contributed by atoms with Crippen LogP contribution < -0.4 is 20.7 Å². The van der Waals surface area contributed by atoms with Gasteiger partial charge in [0.25, 0.3) is 5.76 Å². The number of carboxylic acids is 1. The number of carbonyl (C=O) groups is 2. The Labute approximate surface area is 340 Å². The zero-order chi connectivity index (χ0) is 44.8. The number of phenols is 5. The number of para-hydroxylation sites is 1. The summed E-state index contributed by atoms with van der Waals surface area (Å²) in [6.07, 6.45) is 3.62. The third-order valence-corrected chi connectivity index (χ3v) is 6.84. The van der Waals surface area contributed by atoms with E-state index in [0.717, 1.165) is 0 Å². The number of aromatic carboxylic acids is 1. The van der Waals surface area contributed by atoms with Crippen molar-refractivity contribution in [3.63, 3.8) is 0 Å². The van der Waals surface area contributed by atoms with Crippen LogP contribution in [0.3, 0.4) is 0 Å². The number of esters is 1. The molecule has 0 radical (unpaired) electrons. The number of aromatic hydroxyl groups is 5. The number of allylic oxidation sites excluding steroid dienone is 1. The maximum atomic E-state index is 11.6. The summed E-state index contributed by atoms with van der Waals surface area (Å²) in [5, 5.41) is 54.5. The second-order valence-electron chi connectivity index (χ2n) is 10.8. The van der Waals surface area contributed by atoms with Crippen molar-refractivity contribution in [2.75, 3.05) is 40.6 Å². The number of methoxy groups -OCH3 is 2. The van der Waals surface area contributed by atoms with Crippen molar-refractivity contribution in [2.24, 2.45) is 0 Å². The van der Waals surface area contributed by atoms with Crippen LogP contribution in [0.15, 0.2) is 85.0 Å². The Kier molecular flexibility index (Phi) is 20.0. The van der Waals surface area contributed by atoms with E-state index in [0.29, 0.717) is 36.3 Å². The average Bonchev–Trinajstić information content (AvgIpc) is 3.23. The lowest BCUT2D eigenvalue weighted by Gasteiger charge is -2.09. The van der Waals surface area contributed by atoms with Gasteiger partial charge in [-0.3, -0.25) is 4.89 Å². The number of phenolic OH excluding ortho intramolecular Hbond substituents is 5. The first kappa shape index (κ1) is 48.4. The molecule has 2 heterocycles. The van der Waals surface area contributed by atoms with Gasteiger partial charge in [-0.15, -0.1) is 0 Å². The second-order valence-corrected chi connectivity index (χ2v) is 10.8. The minimum Gasteiger partial charge on any atom is -0.504 e. The Bertz CT molecular complexity index is 2400. The Morgan fingerprint density at radius 2 is 1.28 bits per heavy atom. The Hall–Kier alpha value is -7.76. The molecule has 3 aromatic carbocycles. The molecule has 5 rings (SSSR count). The molecule has 0 spiro atoms. The number of carbonyl (C=O) groups excluding carboxylic acids is 1. The summed E-state index contributed by atoms with van der Waals surface area (Å²) in [6.45, 7) is 8.54. The fraction of sp³-hybridized carbons (Fsp3) is 0.250. The van der Waals surface area contributed by atoms with E-state index >= 15 is 0 Å². The third kappa shape index (κ3) is 14.0. The summed E-state index contributed by atoms with van der Waals surface area (Å²) >= 11 is 0. The standard InChI is InChI=1S/2C12H10O6.C10H16O5.C6H6O3/c1-16-8-4-3-6-5-7(11(13)14)12(15)18-9(6)10(8)17-2;1-2-17-11(15)7-5-6-3-4-8(13)9(14)10(6)18-12(7)16;1-4-11-9-10(15-13-6-3)7-8-14-12-5-2;7-4-2-1-3-5(8)6(4)9/h3-5H,1-2H3,(H,13,14);3-5,13-14H,2H2,1H3;9H,4-6H2,1-3H3;1-3,7-9H. The zero-order valence-electron chi connectivity index (χ0n) is 33.0. The average molecular weight is 843 g/mol. The van der Waals surface area contributed by atoms with E-state index in [9.17, 15) is 29.4 Å². The smallest absolute Gasteiger partial charge is 0.351 e. The summed E-state index contributed by atoms with van der Waals surface area (Å²) in [6, 6.07) is 12.3. The fourth-order valence-corrected chi connectivity index (χ4v) is 4.18. The minimum atomic E-state index is -1.33. The number of carboxylic acid groups (broad SMARTS) is 1. The van der Waals surface area contributed by atoms with Crippen LogP contribution in [0.2, 0.25) is 0 Å². The first-order chi connectivity index (χ1) is 28.7. The molecule has 5 aromatic rings. The molecule has 60 heavy (non-hydrogen) atoms. The first-order valence-corrected chi connectivity index (χ1v) is 17.4. The van der Waals surface area contributed by atoms with Gasteiger partial charge < -0.3 is 63.3 Å². The van der Waals surface area contributed by atoms with Gasteiger partial charge in [-0.25, -0.2) is 19.2 Å². The van der Waals surface area contributed by atoms with Crippen molar-refractivity contribution < 1.29 is 87.6 Å². The highest BCUT2D eigenvalue weighted by Gasteiger charge is 2.18. The molecule has 0 fully saturated rings. The predicted molar refractivity (Wildman–Crippen MR) is 209 cm³/mol. The van der Waals surface area contributed by atoms with Gasteiger partial charge in [0.2, 0.25) is 11.5 Å². The van der Waals surface area contributed by atoms with Crippen molar-refractivity contribution in [2.45, 2.75) is 27.7 Å². The SMILES string of the molecule is CCOC(=O)c1cc2ccc(O)c(O)c2oc1=O.CCOC=C(C#COOCC)OOCC.COc1ccc2cc(C(=O)O)c(=O)oc2c1OC.Oc1cccc(O)c1O. The number of hydrogen-bond donors (Lipinski definition) is 6. The van der Waals surface area contributed by atoms with Gasteiger partial charge in [-0.1, -0.05) is 6.07 Å². The van der Waals surface area contributed by atoms with Crippen LogP contribution in [0.1, 0.15) is 48.4 Å². The topological polar surface area (TPSA) is 290 Å². The summed E-state index contributed by atoms with van der Waals surface area (Å²) in [7, 11) is 2.86. The molecule has 20 nitrogen and oxygen atoms in total. The highest BCUT2D eigenvalue weighted by Crippen LogP contribution is 2.35. The fourth-order valence-electron chi connectivity index (χ4n) is 4.18. The minimum absolute atomic E-state index is 0.136. The molecule has 0 aliphatic carbocycles. The largest absolute Gasteiger partial charge is 0.504 e. The van der Waals surface area contributed by atoms with E-state index in [-0.39, 0.29) is 46.3 Å². The molecule has 0 atom stereocenters. The van der Waals surface area contributed by atoms with E-state index in [1.165, 1.54) is 62.9 Å². The van der Waals surface area contributed by atoms with E-state index in [2.05, 4.69) is 21.8 Å². The van der Waals surface area contributed by atoms with Gasteiger partial charge in [0.05, 0.1) is 40.6 Å². The lowest BCUT2D eigenvalue weighted by atomic mass is 10.1. The number of hydrogen-bond acceptors (Lipinski definition) is 19. The highest BCUT2D eigenvalue weighted by atomic mass is 17.2. The van der Waals surface area contributed by atoms with Gasteiger partial charge in [0.15, 0.2) is 46.0 Å². The van der Waals surface area contributed by atoms with Crippen LogP contribution in [0, 0.1) is 12.0 Å². The van der Waals surface area contributed by atoms with Crippen molar-refractivity contribution >= 4 is 33.9 Å². The van der Waals surface area contributed by atoms with E-state index < -0.39 is 46.0 Å². The van der Waals surface area contributed by atoms with Gasteiger partial charge in [0, 0.05) is 16.7 Å². The molecule has 20 heteroatoms. The molecule has 0 amide bonds. The van der Waals surface area contributed by atoms with Gasteiger partial charge >= 0.3 is 23.2 Å². The molecular weight excluding hydrogens is 800 g/mol. The first-order valence-electron chi connectivity index (χ1n) is 17.4. The summed E-state index contributed by atoms with van der Waals surface area (Å²) < 4.78 is 29.6. The molecule has 2 aromatic heterocycles. The van der Waals surface area contributed by atoms with E-state index in [1.54, 1.807) is 32.9 Å². The number of rotatable bonds is 12. The maximum Gasteiger partial charge on any atom is 0.351 e. The third-order valence-electron chi connectivity index (χ3n) is 6.84. The molecule has 0 saturated carbocycles. The summed E-state index contributed by atoms with van der Waals surface area (Å²) in [5.74, 6) is -0.779. The number of fused-ring (bicyclic) bond motifs is 2. The van der Waals surface area contributed by atoms with Crippen molar-refractivity contribution in [1.29, 1.82) is 0 Å². The highest BCUT2D eigenvalue weighted by molar-refractivity contribution is 5.95. The number of ether oxygens (including phenoxy) is 4. The monoisotopic (exact) mass is 842 g/mol. The molecule has 0 bridgehead atoms. The van der Waals surface area contributed by atoms with E-state index in [4.69, 9.17) is 58.0 Å². The van der Waals surface area contributed by atoms with Crippen LogP contribution in [0.25, 0.3) is 21.9 Å². The quantitative estimate of drug-likeness (QED) is 0.0133. The lowest BCUT2D eigenvalue weighted by molar-refractivity contribution is -0.255. The Morgan fingerprint density at radius 1 is 0.700 bits per heavy atom.